The van der Waals surface area contributed by atoms with E-state index in [1.807, 2.05) is 0 Å². The lowest BCUT2D eigenvalue weighted by Crippen LogP contribution is -2.26. The smallest absolute Gasteiger partial charge is 0.0491 e. The van der Waals surface area contributed by atoms with E-state index in [1.54, 1.807) is 0 Å². The van der Waals surface area contributed by atoms with Crippen molar-refractivity contribution in [2.45, 2.75) is 0 Å². The second-order valence-electron chi connectivity index (χ2n) is 11.6. The van der Waals surface area contributed by atoms with Crippen LogP contribution in [0.25, 0.3) is 32.7 Å². The molecule has 0 spiro atoms. The number of rotatable bonds is 7. The fraction of sp³-hybridized carbons (Fsp3) is 0. The molecule has 0 heterocycles. The Balaban J connectivity index is 1.57. The van der Waals surface area contributed by atoms with Gasteiger partial charge in [-0.15, -0.1) is 0 Å². The van der Waals surface area contributed by atoms with Gasteiger partial charge in [0, 0.05) is 20.8 Å². The first-order valence-corrected chi connectivity index (χ1v) is 19.4. The zero-order chi connectivity index (χ0) is 32.5. The van der Waals surface area contributed by atoms with Crippen molar-refractivity contribution >= 4 is 92.4 Å². The molecule has 0 fully saturated rings. The molecule has 230 valence electrons. The lowest BCUT2D eigenvalue weighted by molar-refractivity contribution is 1.72. The van der Waals surface area contributed by atoms with Gasteiger partial charge < -0.3 is 0 Å². The molecule has 0 radical (unpaired) electrons. The monoisotopic (exact) mass is 690 g/mol. The summed E-state index contributed by atoms with van der Waals surface area (Å²) in [5.41, 5.74) is 2.44. The second kappa shape index (κ2) is 13.7. The second-order valence-corrected chi connectivity index (χ2v) is 16.8. The Bertz CT molecular complexity index is 2110. The van der Waals surface area contributed by atoms with Crippen LogP contribution in [-0.2, 0) is 0 Å². The Kier molecular flexibility index (Phi) is 8.84. The molecule has 0 N–H and O–H groups in total. The standard InChI is InChI=1S/C44H30Cl2P2/c45-39-29-41(47(31-17-5-1-6-18-31)32-19-7-2-8-20-32)43(37-27-15-13-25-35(37)39)44-38-28-16-14-26-36(38)40(46)30-42(44)48(33-21-9-3-10-22-33)34-23-11-4-12-24-34/h1-30H. The average Bonchev–Trinajstić information content (AvgIpc) is 3.15. The molecule has 0 aliphatic carbocycles. The SMILES string of the molecule is Clc1cc(P(c2ccccc2)c2ccccc2)c(-c2c(P(c3ccccc3)c3ccccc3)cc(Cl)c3ccccc23)c2ccccc12. The van der Waals surface area contributed by atoms with Gasteiger partial charge in [0.2, 0.25) is 0 Å². The first-order valence-electron chi connectivity index (χ1n) is 15.9. The lowest BCUT2D eigenvalue weighted by Gasteiger charge is -2.29. The molecule has 0 aromatic heterocycles. The summed E-state index contributed by atoms with van der Waals surface area (Å²) in [5, 5.41) is 13.5. The van der Waals surface area contributed by atoms with Gasteiger partial charge in [-0.3, -0.25) is 0 Å². The van der Waals surface area contributed by atoms with Crippen molar-refractivity contribution < 1.29 is 0 Å². The van der Waals surface area contributed by atoms with Gasteiger partial charge >= 0.3 is 0 Å². The third kappa shape index (κ3) is 5.75. The maximum atomic E-state index is 7.27. The summed E-state index contributed by atoms with van der Waals surface area (Å²) >= 11 is 14.5. The Labute approximate surface area is 294 Å². The Morgan fingerprint density at radius 3 is 0.833 bits per heavy atom. The Morgan fingerprint density at radius 1 is 0.292 bits per heavy atom. The maximum Gasteiger partial charge on any atom is 0.0491 e. The van der Waals surface area contributed by atoms with Crippen LogP contribution in [0.2, 0.25) is 10.0 Å². The number of hydrogen-bond acceptors (Lipinski definition) is 0. The summed E-state index contributed by atoms with van der Waals surface area (Å²) in [4.78, 5) is 0. The number of fused-ring (bicyclic) bond motifs is 2. The minimum atomic E-state index is -0.993. The fourth-order valence-corrected chi connectivity index (χ4v) is 12.4. The van der Waals surface area contributed by atoms with Gasteiger partial charge in [-0.2, -0.15) is 0 Å². The molecule has 0 amide bonds. The zero-order valence-electron chi connectivity index (χ0n) is 26.0. The van der Waals surface area contributed by atoms with Gasteiger partial charge in [0.25, 0.3) is 0 Å². The molecule has 0 saturated heterocycles. The van der Waals surface area contributed by atoms with E-state index in [4.69, 9.17) is 23.2 Å². The highest BCUT2D eigenvalue weighted by Crippen LogP contribution is 2.47. The van der Waals surface area contributed by atoms with Gasteiger partial charge in [0.15, 0.2) is 0 Å². The summed E-state index contributed by atoms with van der Waals surface area (Å²) in [6.07, 6.45) is 0. The normalized spacial score (nSPS) is 11.5. The minimum absolute atomic E-state index is 0.761. The van der Waals surface area contributed by atoms with Crippen molar-refractivity contribution in [1.82, 2.24) is 0 Å². The molecule has 48 heavy (non-hydrogen) atoms. The molecule has 8 aromatic rings. The molecule has 0 atom stereocenters. The van der Waals surface area contributed by atoms with Crippen molar-refractivity contribution in [3.63, 3.8) is 0 Å². The average molecular weight is 692 g/mol. The summed E-state index contributed by atoms with van der Waals surface area (Å²) < 4.78 is 0. The van der Waals surface area contributed by atoms with Crippen LogP contribution < -0.4 is 31.8 Å². The molecule has 0 aliphatic heterocycles. The van der Waals surface area contributed by atoms with E-state index >= 15 is 0 Å². The highest BCUT2D eigenvalue weighted by atomic mass is 35.5. The van der Waals surface area contributed by atoms with Gasteiger partial charge in [0.05, 0.1) is 0 Å². The van der Waals surface area contributed by atoms with E-state index < -0.39 is 15.8 Å². The van der Waals surface area contributed by atoms with Crippen molar-refractivity contribution in [3.8, 4) is 11.1 Å². The van der Waals surface area contributed by atoms with Crippen LogP contribution in [0, 0.1) is 0 Å². The van der Waals surface area contributed by atoms with E-state index in [1.165, 1.54) is 43.0 Å². The topological polar surface area (TPSA) is 0 Å². The minimum Gasteiger partial charge on any atom is -0.0836 e. The first kappa shape index (κ1) is 31.0. The summed E-state index contributed by atoms with van der Waals surface area (Å²) in [7, 11) is -1.99. The van der Waals surface area contributed by atoms with Crippen LogP contribution in [0.4, 0.5) is 0 Å². The van der Waals surface area contributed by atoms with E-state index in [9.17, 15) is 0 Å². The largest absolute Gasteiger partial charge is 0.0836 e. The predicted molar refractivity (Wildman–Crippen MR) is 214 cm³/mol. The first-order chi connectivity index (χ1) is 23.7. The summed E-state index contributed by atoms with van der Waals surface area (Å²) in [6.45, 7) is 0. The van der Waals surface area contributed by atoms with E-state index in [0.717, 1.165) is 31.6 Å². The highest BCUT2D eigenvalue weighted by molar-refractivity contribution is 7.81. The van der Waals surface area contributed by atoms with Gasteiger partial charge in [0.1, 0.15) is 0 Å². The number of benzene rings is 8. The third-order valence-electron chi connectivity index (χ3n) is 8.74. The Morgan fingerprint density at radius 2 is 0.542 bits per heavy atom. The van der Waals surface area contributed by atoms with E-state index in [2.05, 4.69) is 182 Å². The quantitative estimate of drug-likeness (QED) is 0.146. The molecular weight excluding hydrogens is 661 g/mol. The van der Waals surface area contributed by atoms with Crippen LogP contribution in [0.5, 0.6) is 0 Å². The van der Waals surface area contributed by atoms with Gasteiger partial charge in [-0.1, -0.05) is 193 Å². The molecule has 0 nitrogen and oxygen atoms in total. The van der Waals surface area contributed by atoms with Crippen LogP contribution >= 0.6 is 39.0 Å². The molecule has 4 heteroatoms. The molecule has 0 bridgehead atoms. The van der Waals surface area contributed by atoms with Crippen LogP contribution in [0.1, 0.15) is 0 Å². The predicted octanol–water partition coefficient (Wildman–Crippen LogP) is 10.5. The lowest BCUT2D eigenvalue weighted by atomic mass is 9.93. The molecule has 8 rings (SSSR count). The van der Waals surface area contributed by atoms with E-state index in [0.29, 0.717) is 0 Å². The van der Waals surface area contributed by atoms with Crippen molar-refractivity contribution in [2.75, 3.05) is 0 Å². The summed E-state index contributed by atoms with van der Waals surface area (Å²) in [5.74, 6) is 0. The van der Waals surface area contributed by atoms with Crippen molar-refractivity contribution in [1.29, 1.82) is 0 Å². The maximum absolute atomic E-state index is 7.27. The van der Waals surface area contributed by atoms with Crippen molar-refractivity contribution in [3.05, 3.63) is 192 Å². The zero-order valence-corrected chi connectivity index (χ0v) is 29.3. The summed E-state index contributed by atoms with van der Waals surface area (Å²) in [6, 6.07) is 65.2. The van der Waals surface area contributed by atoms with Gasteiger partial charge in [-0.05, 0) is 81.7 Å². The fourth-order valence-electron chi connectivity index (χ4n) is 6.68. The molecular formula is C44H30Cl2P2. The van der Waals surface area contributed by atoms with Crippen LogP contribution in [-0.4, -0.2) is 0 Å². The molecule has 0 saturated carbocycles. The molecule has 0 aliphatic rings. The molecule has 8 aromatic carbocycles. The molecule has 0 unspecified atom stereocenters. The van der Waals surface area contributed by atoms with Crippen molar-refractivity contribution in [2.24, 2.45) is 0 Å². The number of halogens is 2. The van der Waals surface area contributed by atoms with Gasteiger partial charge in [-0.25, -0.2) is 0 Å². The number of hydrogen-bond donors (Lipinski definition) is 0. The van der Waals surface area contributed by atoms with Crippen LogP contribution in [0.3, 0.4) is 0 Å². The third-order valence-corrected chi connectivity index (χ3v) is 14.3. The van der Waals surface area contributed by atoms with E-state index in [-0.39, 0.29) is 0 Å². The highest BCUT2D eigenvalue weighted by Gasteiger charge is 2.29. The Hall–Kier alpha value is -4.28. The van der Waals surface area contributed by atoms with Crippen LogP contribution in [0.15, 0.2) is 182 Å².